The average molecular weight is 311 g/mol. The number of hydrogen-bond acceptors (Lipinski definition) is 6. The first-order valence-electron chi connectivity index (χ1n) is 6.33. The Labute approximate surface area is 123 Å². The van der Waals surface area contributed by atoms with Gasteiger partial charge in [0, 0.05) is 30.8 Å². The van der Waals surface area contributed by atoms with E-state index < -0.39 is 9.84 Å². The van der Waals surface area contributed by atoms with Gasteiger partial charge in [0.25, 0.3) is 0 Å². The summed E-state index contributed by atoms with van der Waals surface area (Å²) in [7, 11) is -3.27. The molecule has 0 spiro atoms. The van der Waals surface area contributed by atoms with Crippen LogP contribution in [-0.2, 0) is 22.7 Å². The monoisotopic (exact) mass is 311 g/mol. The molecule has 1 N–H and O–H groups in total. The largest absolute Gasteiger partial charge is 0.369 e. The Hall–Kier alpha value is -1.47. The number of aromatic nitrogens is 2. The van der Waals surface area contributed by atoms with Crippen molar-refractivity contribution in [2.45, 2.75) is 24.7 Å². The van der Waals surface area contributed by atoms with Crippen LogP contribution >= 0.6 is 11.3 Å². The van der Waals surface area contributed by atoms with Crippen LogP contribution in [0.15, 0.2) is 28.6 Å². The van der Waals surface area contributed by atoms with E-state index in [4.69, 9.17) is 0 Å². The Bertz CT molecular complexity index is 680. The Morgan fingerprint density at radius 2 is 2.20 bits per heavy atom. The molecule has 7 heteroatoms. The van der Waals surface area contributed by atoms with Gasteiger partial charge in [-0.3, -0.25) is 0 Å². The molecule has 0 radical (unpaired) electrons. The highest BCUT2D eigenvalue weighted by atomic mass is 32.2. The lowest BCUT2D eigenvalue weighted by molar-refractivity contribution is 0.602. The van der Waals surface area contributed by atoms with E-state index in [0.29, 0.717) is 12.4 Å². The van der Waals surface area contributed by atoms with Crippen molar-refractivity contribution in [3.05, 3.63) is 34.4 Å². The molecular weight excluding hydrogens is 294 g/mol. The molecule has 0 bridgehead atoms. The maximum atomic E-state index is 11.6. The minimum absolute atomic E-state index is 0.229. The molecule has 20 heavy (non-hydrogen) atoms. The predicted molar refractivity (Wildman–Crippen MR) is 81.0 cm³/mol. The van der Waals surface area contributed by atoms with Crippen molar-refractivity contribution in [3.8, 4) is 0 Å². The highest BCUT2D eigenvalue weighted by Crippen LogP contribution is 2.18. The van der Waals surface area contributed by atoms with Crippen molar-refractivity contribution in [1.29, 1.82) is 0 Å². The summed E-state index contributed by atoms with van der Waals surface area (Å²) in [6, 6.07) is 3.18. The number of sulfone groups is 1. The molecule has 0 aromatic carbocycles. The van der Waals surface area contributed by atoms with Gasteiger partial charge in [-0.1, -0.05) is 6.92 Å². The van der Waals surface area contributed by atoms with Crippen LogP contribution in [0.2, 0.25) is 0 Å². The van der Waals surface area contributed by atoms with Crippen LogP contribution in [0.3, 0.4) is 0 Å². The number of rotatable bonds is 6. The van der Waals surface area contributed by atoms with Gasteiger partial charge in [-0.2, -0.15) is 0 Å². The van der Waals surface area contributed by atoms with Gasteiger partial charge in [-0.15, -0.1) is 11.3 Å². The standard InChI is InChI=1S/C13H17N3O2S2/c1-3-12-16-10(9-19-12)6-8-15-13-11(20(2,17)18)5-4-7-14-13/h4-5,7,9H,3,6,8H2,1-2H3,(H,14,15). The second-order valence-electron chi connectivity index (χ2n) is 4.39. The maximum Gasteiger partial charge on any atom is 0.179 e. The second-order valence-corrected chi connectivity index (χ2v) is 7.31. The first-order chi connectivity index (χ1) is 9.50. The molecule has 2 aromatic rings. The highest BCUT2D eigenvalue weighted by Gasteiger charge is 2.13. The van der Waals surface area contributed by atoms with E-state index >= 15 is 0 Å². The molecule has 2 rings (SSSR count). The zero-order chi connectivity index (χ0) is 14.6. The summed E-state index contributed by atoms with van der Waals surface area (Å²) >= 11 is 1.65. The lowest BCUT2D eigenvalue weighted by Crippen LogP contribution is -2.11. The van der Waals surface area contributed by atoms with Crippen LogP contribution < -0.4 is 5.32 Å². The smallest absolute Gasteiger partial charge is 0.179 e. The van der Waals surface area contributed by atoms with Crippen LogP contribution in [0.4, 0.5) is 5.82 Å². The van der Waals surface area contributed by atoms with Gasteiger partial charge in [0.1, 0.15) is 10.7 Å². The Morgan fingerprint density at radius 1 is 1.40 bits per heavy atom. The van der Waals surface area contributed by atoms with Crippen molar-refractivity contribution in [2.24, 2.45) is 0 Å². The highest BCUT2D eigenvalue weighted by molar-refractivity contribution is 7.90. The number of anilines is 1. The van der Waals surface area contributed by atoms with Crippen molar-refractivity contribution in [2.75, 3.05) is 18.1 Å². The fraction of sp³-hybridized carbons (Fsp3) is 0.385. The third-order valence-electron chi connectivity index (χ3n) is 2.75. The summed E-state index contributed by atoms with van der Waals surface area (Å²) in [6.45, 7) is 2.68. The molecule has 0 amide bonds. The van der Waals surface area contributed by atoms with Crippen LogP contribution in [0, 0.1) is 0 Å². The van der Waals surface area contributed by atoms with Crippen molar-refractivity contribution in [1.82, 2.24) is 9.97 Å². The number of pyridine rings is 1. The molecular formula is C13H17N3O2S2. The Morgan fingerprint density at radius 3 is 2.85 bits per heavy atom. The lowest BCUT2D eigenvalue weighted by atomic mass is 10.3. The van der Waals surface area contributed by atoms with Gasteiger partial charge < -0.3 is 5.32 Å². The van der Waals surface area contributed by atoms with E-state index in [1.807, 2.05) is 5.38 Å². The quantitative estimate of drug-likeness (QED) is 0.885. The normalized spacial score (nSPS) is 11.5. The summed E-state index contributed by atoms with van der Waals surface area (Å²) in [5, 5.41) is 6.23. The minimum atomic E-state index is -3.27. The van der Waals surface area contributed by atoms with E-state index in [0.717, 1.165) is 23.5 Å². The lowest BCUT2D eigenvalue weighted by Gasteiger charge is -2.08. The maximum absolute atomic E-state index is 11.6. The molecule has 0 saturated carbocycles. The summed E-state index contributed by atoms with van der Waals surface area (Å²) in [5.41, 5.74) is 1.02. The van der Waals surface area contributed by atoms with Gasteiger partial charge in [-0.05, 0) is 18.6 Å². The summed E-state index contributed by atoms with van der Waals surface area (Å²) in [6.07, 6.45) is 4.45. The van der Waals surface area contributed by atoms with E-state index in [2.05, 4.69) is 22.2 Å². The third kappa shape index (κ3) is 3.77. The predicted octanol–water partition coefficient (Wildman–Crippen LogP) is 2.16. The second kappa shape index (κ2) is 6.32. The van der Waals surface area contributed by atoms with Crippen LogP contribution in [0.5, 0.6) is 0 Å². The zero-order valence-corrected chi connectivity index (χ0v) is 13.1. The van der Waals surface area contributed by atoms with Gasteiger partial charge in [0.2, 0.25) is 0 Å². The zero-order valence-electron chi connectivity index (χ0n) is 11.5. The fourth-order valence-electron chi connectivity index (χ4n) is 1.76. The molecule has 0 unspecified atom stereocenters. The topological polar surface area (TPSA) is 72.0 Å². The molecule has 0 fully saturated rings. The number of aryl methyl sites for hydroxylation is 1. The molecule has 2 heterocycles. The van der Waals surface area contributed by atoms with Crippen LogP contribution in [-0.4, -0.2) is 31.2 Å². The van der Waals surface area contributed by atoms with Gasteiger partial charge in [-0.25, -0.2) is 18.4 Å². The molecule has 0 aliphatic carbocycles. The first kappa shape index (κ1) is 14.9. The van der Waals surface area contributed by atoms with E-state index in [1.54, 1.807) is 29.7 Å². The van der Waals surface area contributed by atoms with Crippen molar-refractivity contribution < 1.29 is 8.42 Å². The summed E-state index contributed by atoms with van der Waals surface area (Å²) in [4.78, 5) is 8.79. The first-order valence-corrected chi connectivity index (χ1v) is 9.10. The van der Waals surface area contributed by atoms with Gasteiger partial charge in [0.05, 0.1) is 10.7 Å². The molecule has 0 aliphatic rings. The summed E-state index contributed by atoms with van der Waals surface area (Å²) < 4.78 is 23.3. The SMILES string of the molecule is CCc1nc(CCNc2ncccc2S(C)(=O)=O)cs1. The van der Waals surface area contributed by atoms with Crippen LogP contribution in [0.25, 0.3) is 0 Å². The van der Waals surface area contributed by atoms with E-state index in [-0.39, 0.29) is 4.90 Å². The third-order valence-corrected chi connectivity index (χ3v) is 4.92. The van der Waals surface area contributed by atoms with E-state index in [1.165, 1.54) is 6.26 Å². The minimum Gasteiger partial charge on any atom is -0.369 e. The number of nitrogens with zero attached hydrogens (tertiary/aromatic N) is 2. The number of nitrogens with one attached hydrogen (secondary N) is 1. The number of thiazole rings is 1. The number of hydrogen-bond donors (Lipinski definition) is 1. The van der Waals surface area contributed by atoms with Crippen molar-refractivity contribution >= 4 is 27.0 Å². The molecule has 0 aliphatic heterocycles. The Kier molecular flexibility index (Phi) is 4.72. The molecule has 5 nitrogen and oxygen atoms in total. The van der Waals surface area contributed by atoms with Crippen LogP contribution in [0.1, 0.15) is 17.6 Å². The Balaban J connectivity index is 2.01. The summed E-state index contributed by atoms with van der Waals surface area (Å²) in [5.74, 6) is 0.404. The average Bonchev–Trinajstić information content (AvgIpc) is 2.86. The fourth-order valence-corrected chi connectivity index (χ4v) is 3.34. The van der Waals surface area contributed by atoms with Gasteiger partial charge >= 0.3 is 0 Å². The molecule has 0 saturated heterocycles. The molecule has 2 aromatic heterocycles. The van der Waals surface area contributed by atoms with E-state index in [9.17, 15) is 8.42 Å². The van der Waals surface area contributed by atoms with Gasteiger partial charge in [0.15, 0.2) is 9.84 Å². The molecule has 108 valence electrons. The molecule has 0 atom stereocenters. The van der Waals surface area contributed by atoms with Crippen molar-refractivity contribution in [3.63, 3.8) is 0 Å².